The molecule has 0 aromatic carbocycles. The van der Waals surface area contributed by atoms with Crippen molar-refractivity contribution in [3.8, 4) is 6.07 Å². The Kier molecular flexibility index (Phi) is 4.52. The molecule has 1 aromatic rings. The summed E-state index contributed by atoms with van der Waals surface area (Å²) in [7, 11) is 0. The average Bonchev–Trinajstić information content (AvgIpc) is 3.27. The summed E-state index contributed by atoms with van der Waals surface area (Å²) >= 11 is 1.31. The van der Waals surface area contributed by atoms with Gasteiger partial charge >= 0.3 is 0 Å². The number of hydrogen-bond donors (Lipinski definition) is 1. The first kappa shape index (κ1) is 15.8. The van der Waals surface area contributed by atoms with Crippen LogP contribution < -0.4 is 5.32 Å². The molecule has 1 atom stereocenters. The number of nitriles is 1. The lowest BCUT2D eigenvalue weighted by atomic mass is 9.98. The maximum atomic E-state index is 12.0. The van der Waals surface area contributed by atoms with Crippen LogP contribution in [0.2, 0.25) is 0 Å². The van der Waals surface area contributed by atoms with Crippen molar-refractivity contribution in [1.82, 2.24) is 15.3 Å². The molecule has 1 heterocycles. The number of rotatable bonds is 5. The zero-order valence-corrected chi connectivity index (χ0v) is 13.7. The molecular weight excluding hydrogens is 284 g/mol. The molecular formula is C15H20N4OS. The summed E-state index contributed by atoms with van der Waals surface area (Å²) in [5.41, 5.74) is 2.21. The fourth-order valence-corrected chi connectivity index (χ4v) is 2.88. The summed E-state index contributed by atoms with van der Waals surface area (Å²) in [6.45, 7) is 7.66. The number of nitrogens with one attached hydrogen (secondary N) is 1. The normalized spacial score (nSPS) is 16.9. The van der Waals surface area contributed by atoms with Gasteiger partial charge < -0.3 is 5.32 Å². The minimum absolute atomic E-state index is 0.143. The minimum atomic E-state index is -0.738. The maximum Gasteiger partial charge on any atom is 0.231 e. The minimum Gasteiger partial charge on any atom is -0.337 e. The Balaban J connectivity index is 1.94. The third-order valence-electron chi connectivity index (χ3n) is 3.97. The summed E-state index contributed by atoms with van der Waals surface area (Å²) in [6, 6.07) is 2.22. The van der Waals surface area contributed by atoms with E-state index in [2.05, 4.69) is 21.4 Å². The number of carbonyl (C=O) groups is 1. The Bertz CT molecular complexity index is 583. The second kappa shape index (κ2) is 6.02. The van der Waals surface area contributed by atoms with Crippen molar-refractivity contribution in [3.63, 3.8) is 0 Å². The van der Waals surface area contributed by atoms with Crippen LogP contribution in [0.3, 0.4) is 0 Å². The van der Waals surface area contributed by atoms with E-state index in [-0.39, 0.29) is 17.6 Å². The number of nitrogens with zero attached hydrogens (tertiary/aromatic N) is 3. The molecule has 1 aromatic heterocycles. The van der Waals surface area contributed by atoms with Crippen LogP contribution in [0.4, 0.5) is 0 Å². The molecule has 1 saturated carbocycles. The molecule has 1 fully saturated rings. The van der Waals surface area contributed by atoms with Crippen molar-refractivity contribution < 1.29 is 4.79 Å². The van der Waals surface area contributed by atoms with Crippen LogP contribution in [0.15, 0.2) is 5.16 Å². The predicted molar refractivity (Wildman–Crippen MR) is 81.9 cm³/mol. The smallest absolute Gasteiger partial charge is 0.231 e. The fraction of sp³-hybridized carbons (Fsp3) is 0.600. The van der Waals surface area contributed by atoms with Gasteiger partial charge in [0, 0.05) is 11.4 Å². The molecule has 1 N–H and O–H groups in total. The molecule has 5 nitrogen and oxygen atoms in total. The van der Waals surface area contributed by atoms with E-state index in [0.717, 1.165) is 29.8 Å². The van der Waals surface area contributed by atoms with Gasteiger partial charge in [-0.1, -0.05) is 11.8 Å². The molecule has 0 saturated heterocycles. The second-order valence-corrected chi connectivity index (χ2v) is 6.67. The lowest BCUT2D eigenvalue weighted by molar-refractivity contribution is -0.119. The molecule has 21 heavy (non-hydrogen) atoms. The van der Waals surface area contributed by atoms with Gasteiger partial charge in [0.1, 0.15) is 5.54 Å². The Labute approximate surface area is 129 Å². The van der Waals surface area contributed by atoms with Gasteiger partial charge in [0.05, 0.1) is 11.8 Å². The lowest BCUT2D eigenvalue weighted by Gasteiger charge is -2.22. The summed E-state index contributed by atoms with van der Waals surface area (Å²) < 4.78 is 0. The van der Waals surface area contributed by atoms with Crippen LogP contribution in [-0.2, 0) is 4.79 Å². The standard InChI is InChI=1S/C15H20N4OS/c1-9-10(2)17-14(18-11(9)3)21-7-13(20)19-15(4,8-16)12-5-6-12/h12H,5-7H2,1-4H3,(H,19,20)/t15-/m1/s1. The first-order valence-electron chi connectivity index (χ1n) is 7.02. The summed E-state index contributed by atoms with van der Waals surface area (Å²) in [4.78, 5) is 20.8. The molecule has 0 unspecified atom stereocenters. The predicted octanol–water partition coefficient (Wildman–Crippen LogP) is 2.30. The van der Waals surface area contributed by atoms with Crippen LogP contribution in [-0.4, -0.2) is 27.2 Å². The van der Waals surface area contributed by atoms with E-state index in [1.807, 2.05) is 20.8 Å². The zero-order valence-electron chi connectivity index (χ0n) is 12.9. The first-order valence-corrected chi connectivity index (χ1v) is 8.01. The number of thioether (sulfide) groups is 1. The fourth-order valence-electron chi connectivity index (χ4n) is 2.14. The summed E-state index contributed by atoms with van der Waals surface area (Å²) in [5.74, 6) is 0.373. The van der Waals surface area contributed by atoms with Crippen molar-refractivity contribution in [2.24, 2.45) is 5.92 Å². The van der Waals surface area contributed by atoms with Crippen molar-refractivity contribution >= 4 is 17.7 Å². The van der Waals surface area contributed by atoms with E-state index in [0.29, 0.717) is 5.16 Å². The van der Waals surface area contributed by atoms with E-state index in [9.17, 15) is 10.1 Å². The van der Waals surface area contributed by atoms with Gasteiger partial charge in [-0.05, 0) is 52.0 Å². The third kappa shape index (κ3) is 3.73. The van der Waals surface area contributed by atoms with Crippen LogP contribution >= 0.6 is 11.8 Å². The quantitative estimate of drug-likeness (QED) is 0.667. The van der Waals surface area contributed by atoms with Crippen LogP contribution in [0, 0.1) is 38.0 Å². The van der Waals surface area contributed by atoms with Crippen molar-refractivity contribution in [2.75, 3.05) is 5.75 Å². The van der Waals surface area contributed by atoms with Gasteiger partial charge in [0.25, 0.3) is 0 Å². The van der Waals surface area contributed by atoms with Gasteiger partial charge in [0.15, 0.2) is 5.16 Å². The number of aryl methyl sites for hydroxylation is 2. The number of carbonyl (C=O) groups excluding carboxylic acids is 1. The van der Waals surface area contributed by atoms with E-state index >= 15 is 0 Å². The summed E-state index contributed by atoms with van der Waals surface area (Å²) in [6.07, 6.45) is 2.02. The number of hydrogen-bond acceptors (Lipinski definition) is 5. The molecule has 0 spiro atoms. The van der Waals surface area contributed by atoms with Gasteiger partial charge in [-0.2, -0.15) is 5.26 Å². The number of amides is 1. The highest BCUT2D eigenvalue weighted by Gasteiger charge is 2.42. The zero-order chi connectivity index (χ0) is 15.6. The maximum absolute atomic E-state index is 12.0. The highest BCUT2D eigenvalue weighted by atomic mass is 32.2. The van der Waals surface area contributed by atoms with Crippen LogP contribution in [0.25, 0.3) is 0 Å². The molecule has 0 bridgehead atoms. The molecule has 0 radical (unpaired) electrons. The topological polar surface area (TPSA) is 78.7 Å². The lowest BCUT2D eigenvalue weighted by Crippen LogP contribution is -2.47. The third-order valence-corrected chi connectivity index (χ3v) is 4.82. The SMILES string of the molecule is Cc1nc(SCC(=O)N[C@](C)(C#N)C2CC2)nc(C)c1C. The first-order chi connectivity index (χ1) is 9.85. The molecule has 1 aliphatic rings. The Hall–Kier alpha value is -1.61. The second-order valence-electron chi connectivity index (χ2n) is 5.73. The van der Waals surface area contributed by atoms with Gasteiger partial charge in [0.2, 0.25) is 5.91 Å². The number of aromatic nitrogens is 2. The Morgan fingerprint density at radius 2 is 1.95 bits per heavy atom. The van der Waals surface area contributed by atoms with Crippen LogP contribution in [0.5, 0.6) is 0 Å². The molecule has 112 valence electrons. The van der Waals surface area contributed by atoms with Crippen molar-refractivity contribution in [3.05, 3.63) is 17.0 Å². The van der Waals surface area contributed by atoms with E-state index < -0.39 is 5.54 Å². The van der Waals surface area contributed by atoms with Gasteiger partial charge in [-0.25, -0.2) is 9.97 Å². The molecule has 6 heteroatoms. The Morgan fingerprint density at radius 3 is 2.43 bits per heavy atom. The van der Waals surface area contributed by atoms with Gasteiger partial charge in [-0.15, -0.1) is 0 Å². The molecule has 0 aliphatic heterocycles. The van der Waals surface area contributed by atoms with Crippen LogP contribution in [0.1, 0.15) is 36.7 Å². The Morgan fingerprint density at radius 1 is 1.38 bits per heavy atom. The average molecular weight is 304 g/mol. The summed E-state index contributed by atoms with van der Waals surface area (Å²) in [5, 5.41) is 12.7. The molecule has 1 amide bonds. The van der Waals surface area contributed by atoms with E-state index in [4.69, 9.17) is 0 Å². The monoisotopic (exact) mass is 304 g/mol. The van der Waals surface area contributed by atoms with Crippen molar-refractivity contribution in [1.29, 1.82) is 5.26 Å². The van der Waals surface area contributed by atoms with Gasteiger partial charge in [-0.3, -0.25) is 4.79 Å². The highest BCUT2D eigenvalue weighted by Crippen LogP contribution is 2.39. The molecule has 2 rings (SSSR count). The van der Waals surface area contributed by atoms with E-state index in [1.165, 1.54) is 11.8 Å². The largest absolute Gasteiger partial charge is 0.337 e. The molecule has 1 aliphatic carbocycles. The highest BCUT2D eigenvalue weighted by molar-refractivity contribution is 7.99. The van der Waals surface area contributed by atoms with Crippen molar-refractivity contribution in [2.45, 2.75) is 51.2 Å². The van der Waals surface area contributed by atoms with E-state index in [1.54, 1.807) is 6.92 Å².